The maximum absolute atomic E-state index is 5.54. The maximum Gasteiger partial charge on any atom is 0.164 e. The molecule has 0 aliphatic rings. The number of benzene rings is 1. The minimum absolute atomic E-state index is 0.815. The van der Waals surface area contributed by atoms with Crippen LogP contribution in [0.2, 0.25) is 0 Å². The molecule has 0 aliphatic heterocycles. The third-order valence-corrected chi connectivity index (χ3v) is 3.00. The van der Waals surface area contributed by atoms with E-state index >= 15 is 0 Å². The largest absolute Gasteiger partial charge is 0.449 e. The zero-order valence-electron chi connectivity index (χ0n) is 8.35. The highest BCUT2D eigenvalue weighted by Gasteiger charge is 2.05. The predicted octanol–water partition coefficient (Wildman–Crippen LogP) is 4.10. The number of aromatic nitrogens is 1. The average molecular weight is 321 g/mol. The van der Waals surface area contributed by atoms with E-state index in [2.05, 4.69) is 39.7 Å². The van der Waals surface area contributed by atoms with Crippen molar-refractivity contribution in [1.82, 2.24) is 4.98 Å². The quantitative estimate of drug-likeness (QED) is 0.631. The Kier molecular flexibility index (Phi) is 2.40. The molecule has 2 aromatic heterocycles. The van der Waals surface area contributed by atoms with Crippen LogP contribution in [-0.4, -0.2) is 4.98 Å². The summed E-state index contributed by atoms with van der Waals surface area (Å²) < 4.78 is 6.42. The molecule has 0 fully saturated rings. The van der Waals surface area contributed by atoms with Crippen LogP contribution < -0.4 is 0 Å². The molecular weight excluding hydrogens is 313 g/mol. The van der Waals surface area contributed by atoms with Gasteiger partial charge in [0.05, 0.1) is 5.52 Å². The van der Waals surface area contributed by atoms with Crippen LogP contribution in [0, 0.1) is 3.77 Å². The number of furan rings is 1. The summed E-state index contributed by atoms with van der Waals surface area (Å²) >= 11 is 2.15. The van der Waals surface area contributed by atoms with Crippen LogP contribution >= 0.6 is 22.6 Å². The van der Waals surface area contributed by atoms with Gasteiger partial charge >= 0.3 is 0 Å². The minimum Gasteiger partial charge on any atom is -0.449 e. The lowest BCUT2D eigenvalue weighted by Crippen LogP contribution is -1.82. The molecule has 0 amide bonds. The summed E-state index contributed by atoms with van der Waals surface area (Å²) in [5.41, 5.74) is 1.87. The highest BCUT2D eigenvalue weighted by Crippen LogP contribution is 2.23. The van der Waals surface area contributed by atoms with E-state index in [-0.39, 0.29) is 0 Å². The van der Waals surface area contributed by atoms with Gasteiger partial charge in [0.25, 0.3) is 0 Å². The van der Waals surface area contributed by atoms with E-state index < -0.39 is 0 Å². The zero-order valence-corrected chi connectivity index (χ0v) is 10.5. The lowest BCUT2D eigenvalue weighted by Gasteiger charge is -1.99. The van der Waals surface area contributed by atoms with Gasteiger partial charge in [-0.2, -0.15) is 0 Å². The molecule has 3 heteroatoms. The van der Waals surface area contributed by atoms with Crippen molar-refractivity contribution in [2.75, 3.05) is 0 Å². The molecule has 1 aromatic carbocycles. The van der Waals surface area contributed by atoms with Gasteiger partial charge in [-0.15, -0.1) is 0 Å². The number of hydrogen-bond acceptors (Lipinski definition) is 2. The molecule has 0 unspecified atom stereocenters. The average Bonchev–Trinajstić information content (AvgIpc) is 2.75. The Morgan fingerprint density at radius 2 is 1.81 bits per heavy atom. The van der Waals surface area contributed by atoms with E-state index in [4.69, 9.17) is 4.42 Å². The van der Waals surface area contributed by atoms with Gasteiger partial charge in [-0.05, 0) is 46.9 Å². The van der Waals surface area contributed by atoms with E-state index in [1.54, 1.807) is 0 Å². The van der Waals surface area contributed by atoms with Crippen LogP contribution in [0.5, 0.6) is 0 Å². The van der Waals surface area contributed by atoms with E-state index in [9.17, 15) is 0 Å². The number of pyridine rings is 1. The van der Waals surface area contributed by atoms with Crippen LogP contribution in [0.25, 0.3) is 22.4 Å². The number of fused-ring (bicyclic) bond motifs is 1. The topological polar surface area (TPSA) is 26.0 Å². The molecule has 0 bridgehead atoms. The molecule has 2 heterocycles. The van der Waals surface area contributed by atoms with E-state index in [0.717, 1.165) is 26.1 Å². The third-order valence-electron chi connectivity index (χ3n) is 2.42. The van der Waals surface area contributed by atoms with Crippen molar-refractivity contribution in [3.63, 3.8) is 0 Å². The molecule has 2 nitrogen and oxygen atoms in total. The van der Waals surface area contributed by atoms with Crippen LogP contribution in [0.15, 0.2) is 52.9 Å². The molecule has 78 valence electrons. The highest BCUT2D eigenvalue weighted by atomic mass is 127. The Morgan fingerprint density at radius 3 is 2.62 bits per heavy atom. The Morgan fingerprint density at radius 1 is 0.938 bits per heavy atom. The fraction of sp³-hybridized carbons (Fsp3) is 0. The van der Waals surface area contributed by atoms with E-state index in [0.29, 0.717) is 0 Å². The first-order valence-electron chi connectivity index (χ1n) is 4.94. The first-order valence-corrected chi connectivity index (χ1v) is 6.02. The second-order valence-corrected chi connectivity index (χ2v) is 4.56. The van der Waals surface area contributed by atoms with E-state index in [1.165, 1.54) is 0 Å². The van der Waals surface area contributed by atoms with Crippen molar-refractivity contribution in [3.05, 3.63) is 52.3 Å². The number of para-hydroxylation sites is 1. The third kappa shape index (κ3) is 1.71. The molecule has 0 radical (unpaired) electrons. The van der Waals surface area contributed by atoms with Crippen LogP contribution in [0.4, 0.5) is 0 Å². The van der Waals surface area contributed by atoms with Crippen molar-refractivity contribution in [2.45, 2.75) is 0 Å². The van der Waals surface area contributed by atoms with Gasteiger partial charge < -0.3 is 4.42 Å². The molecule has 16 heavy (non-hydrogen) atoms. The van der Waals surface area contributed by atoms with Crippen molar-refractivity contribution in [1.29, 1.82) is 0 Å². The minimum atomic E-state index is 0.815. The predicted molar refractivity (Wildman–Crippen MR) is 72.2 cm³/mol. The van der Waals surface area contributed by atoms with Crippen molar-refractivity contribution in [3.8, 4) is 11.5 Å². The summed E-state index contributed by atoms with van der Waals surface area (Å²) in [6, 6.07) is 16.0. The molecule has 0 atom stereocenters. The van der Waals surface area contributed by atoms with Gasteiger partial charge in [0.2, 0.25) is 0 Å². The smallest absolute Gasteiger partial charge is 0.164 e. The normalized spacial score (nSPS) is 10.8. The van der Waals surface area contributed by atoms with Gasteiger partial charge in [0.15, 0.2) is 9.53 Å². The van der Waals surface area contributed by atoms with Crippen molar-refractivity contribution in [2.24, 2.45) is 0 Å². The summed E-state index contributed by atoms with van der Waals surface area (Å²) in [6.45, 7) is 0. The number of rotatable bonds is 1. The fourth-order valence-corrected chi connectivity index (χ4v) is 2.07. The Bertz CT molecular complexity index is 645. The molecule has 0 saturated heterocycles. The van der Waals surface area contributed by atoms with Gasteiger partial charge in [-0.25, -0.2) is 4.98 Å². The first-order chi connectivity index (χ1) is 7.83. The van der Waals surface area contributed by atoms with Crippen LogP contribution in [-0.2, 0) is 0 Å². The molecule has 0 spiro atoms. The number of nitrogens with zero attached hydrogens (tertiary/aromatic N) is 1. The Hall–Kier alpha value is -1.36. The molecule has 0 aliphatic carbocycles. The van der Waals surface area contributed by atoms with Crippen molar-refractivity contribution < 1.29 is 4.42 Å². The SMILES string of the molecule is Ic1ccc(-c2ccc3ccccc3n2)o1. The fourth-order valence-electron chi connectivity index (χ4n) is 1.66. The monoisotopic (exact) mass is 321 g/mol. The number of halogens is 1. The summed E-state index contributed by atoms with van der Waals surface area (Å²) in [7, 11) is 0. The molecule has 0 N–H and O–H groups in total. The van der Waals surface area contributed by atoms with Crippen LogP contribution in [0.3, 0.4) is 0 Å². The summed E-state index contributed by atoms with van der Waals surface area (Å²) in [5.74, 6) is 0.815. The van der Waals surface area contributed by atoms with Gasteiger partial charge in [-0.1, -0.05) is 24.3 Å². The Labute approximate surface area is 106 Å². The van der Waals surface area contributed by atoms with Crippen LogP contribution in [0.1, 0.15) is 0 Å². The second-order valence-electron chi connectivity index (χ2n) is 3.49. The lowest BCUT2D eigenvalue weighted by molar-refractivity contribution is 0.551. The second kappa shape index (κ2) is 3.90. The summed E-state index contributed by atoms with van der Waals surface area (Å²) in [5, 5.41) is 1.15. The highest BCUT2D eigenvalue weighted by molar-refractivity contribution is 14.1. The Balaban J connectivity index is 2.18. The maximum atomic E-state index is 5.54. The van der Waals surface area contributed by atoms with Gasteiger partial charge in [0, 0.05) is 5.39 Å². The van der Waals surface area contributed by atoms with E-state index in [1.807, 2.05) is 36.4 Å². The van der Waals surface area contributed by atoms with Gasteiger partial charge in [0.1, 0.15) is 5.69 Å². The first kappa shape index (κ1) is 9.84. The number of hydrogen-bond donors (Lipinski definition) is 0. The molecule has 3 rings (SSSR count). The van der Waals surface area contributed by atoms with Crippen molar-refractivity contribution >= 4 is 33.5 Å². The molecule has 0 saturated carbocycles. The van der Waals surface area contributed by atoms with Gasteiger partial charge in [-0.3, -0.25) is 0 Å². The summed E-state index contributed by atoms with van der Waals surface area (Å²) in [4.78, 5) is 4.56. The standard InChI is InChI=1S/C13H8INO/c14-13-8-7-12(16-13)11-6-5-9-3-1-2-4-10(9)15-11/h1-8H. The molecule has 3 aromatic rings. The zero-order chi connectivity index (χ0) is 11.0. The molecular formula is C13H8INO. The lowest BCUT2D eigenvalue weighted by atomic mass is 10.2. The summed E-state index contributed by atoms with van der Waals surface area (Å²) in [6.07, 6.45) is 0.